The predicted octanol–water partition coefficient (Wildman–Crippen LogP) is -0.872. The van der Waals surface area contributed by atoms with E-state index in [1.807, 2.05) is 0 Å². The van der Waals surface area contributed by atoms with Gasteiger partial charge in [0.25, 0.3) is 0 Å². The van der Waals surface area contributed by atoms with E-state index in [9.17, 15) is 0 Å². The quantitative estimate of drug-likeness (QED) is 0.434. The van der Waals surface area contributed by atoms with Crippen molar-refractivity contribution in [1.82, 2.24) is 0 Å². The molecule has 48 valence electrons. The van der Waals surface area contributed by atoms with E-state index in [0.717, 1.165) is 0 Å². The molecule has 0 spiro atoms. The highest BCUT2D eigenvalue weighted by Crippen LogP contribution is 2.16. The van der Waals surface area contributed by atoms with Gasteiger partial charge in [0.2, 0.25) is 0 Å². The van der Waals surface area contributed by atoms with Gasteiger partial charge in [-0.25, -0.2) is 0 Å². The Bertz CT molecular complexity index is 89.7. The molecule has 1 saturated heterocycles. The van der Waals surface area contributed by atoms with E-state index < -0.39 is 11.7 Å². The number of hydrogen-bond donors (Lipinski definition) is 2. The molecule has 0 aromatic heterocycles. The Morgan fingerprint density at radius 3 is 2.50 bits per heavy atom. The summed E-state index contributed by atoms with van der Waals surface area (Å²) in [4.78, 5) is 0. The van der Waals surface area contributed by atoms with Crippen LogP contribution >= 0.6 is 0 Å². The van der Waals surface area contributed by atoms with Gasteiger partial charge in [0.05, 0.1) is 13.2 Å². The van der Waals surface area contributed by atoms with Gasteiger partial charge >= 0.3 is 0 Å². The molecule has 1 rings (SSSR count). The monoisotopic (exact) mass is 118 g/mol. The summed E-state index contributed by atoms with van der Waals surface area (Å²) in [5.41, 5.74) is -1.01. The van der Waals surface area contributed by atoms with Gasteiger partial charge < -0.3 is 14.9 Å². The largest absolute Gasteiger partial charge is 0.388 e. The standard InChI is InChI=1S/C5H10O3/c1-5(7)3-8-2-4(5)6/h4,6-7H,2-3H2,1H3/t4-,5+/m0/s1. The molecule has 1 heterocycles. The third-order valence-electron chi connectivity index (χ3n) is 1.39. The minimum Gasteiger partial charge on any atom is -0.388 e. The van der Waals surface area contributed by atoms with Gasteiger partial charge in [-0.2, -0.15) is 0 Å². The zero-order valence-corrected chi connectivity index (χ0v) is 4.79. The minimum absolute atomic E-state index is 0.244. The average molecular weight is 118 g/mol. The Labute approximate surface area is 47.9 Å². The summed E-state index contributed by atoms with van der Waals surface area (Å²) in [6.45, 7) is 2.06. The Hall–Kier alpha value is -0.120. The number of rotatable bonds is 0. The van der Waals surface area contributed by atoms with Crippen LogP contribution in [0.2, 0.25) is 0 Å². The van der Waals surface area contributed by atoms with Crippen molar-refractivity contribution in [1.29, 1.82) is 0 Å². The van der Waals surface area contributed by atoms with Crippen LogP contribution in [0, 0.1) is 0 Å². The van der Waals surface area contributed by atoms with Crippen LogP contribution < -0.4 is 0 Å². The van der Waals surface area contributed by atoms with E-state index in [1.165, 1.54) is 0 Å². The van der Waals surface area contributed by atoms with Crippen molar-refractivity contribution in [2.24, 2.45) is 0 Å². The molecule has 0 aliphatic carbocycles. The molecule has 1 aliphatic rings. The number of aliphatic hydroxyl groups excluding tert-OH is 1. The fourth-order valence-corrected chi connectivity index (χ4v) is 0.653. The van der Waals surface area contributed by atoms with E-state index in [0.29, 0.717) is 0 Å². The molecule has 0 saturated carbocycles. The maximum atomic E-state index is 9.09. The van der Waals surface area contributed by atoms with Crippen LogP contribution in [0.5, 0.6) is 0 Å². The normalized spacial score (nSPS) is 47.6. The smallest absolute Gasteiger partial charge is 0.113 e. The third kappa shape index (κ3) is 0.844. The molecule has 3 heteroatoms. The number of hydrogen-bond acceptors (Lipinski definition) is 3. The molecule has 0 aromatic carbocycles. The minimum atomic E-state index is -1.01. The van der Waals surface area contributed by atoms with Crippen molar-refractivity contribution in [2.45, 2.75) is 18.6 Å². The Kier molecular flexibility index (Phi) is 1.27. The van der Waals surface area contributed by atoms with Crippen molar-refractivity contribution >= 4 is 0 Å². The van der Waals surface area contributed by atoms with Crippen LogP contribution in [0.3, 0.4) is 0 Å². The van der Waals surface area contributed by atoms with E-state index >= 15 is 0 Å². The van der Waals surface area contributed by atoms with Crippen molar-refractivity contribution in [3.63, 3.8) is 0 Å². The van der Waals surface area contributed by atoms with Crippen molar-refractivity contribution in [3.8, 4) is 0 Å². The molecule has 2 N–H and O–H groups in total. The first kappa shape index (κ1) is 6.01. The van der Waals surface area contributed by atoms with Gasteiger partial charge in [-0.15, -0.1) is 0 Å². The average Bonchev–Trinajstić information content (AvgIpc) is 1.86. The highest BCUT2D eigenvalue weighted by atomic mass is 16.5. The summed E-state index contributed by atoms with van der Waals surface area (Å²) >= 11 is 0. The van der Waals surface area contributed by atoms with Gasteiger partial charge in [0, 0.05) is 0 Å². The summed E-state index contributed by atoms with van der Waals surface area (Å²) < 4.78 is 4.77. The Morgan fingerprint density at radius 2 is 2.38 bits per heavy atom. The zero-order chi connectivity index (χ0) is 6.20. The van der Waals surface area contributed by atoms with Crippen molar-refractivity contribution in [3.05, 3.63) is 0 Å². The lowest BCUT2D eigenvalue weighted by molar-refractivity contribution is -0.0274. The molecule has 8 heavy (non-hydrogen) atoms. The molecule has 2 atom stereocenters. The fraction of sp³-hybridized carbons (Fsp3) is 1.00. The second-order valence-corrected chi connectivity index (χ2v) is 2.39. The second-order valence-electron chi connectivity index (χ2n) is 2.39. The topological polar surface area (TPSA) is 49.7 Å². The summed E-state index contributed by atoms with van der Waals surface area (Å²) in [7, 11) is 0. The SMILES string of the molecule is C[C@@]1(O)COC[C@@H]1O. The van der Waals surface area contributed by atoms with Crippen LogP contribution in [-0.4, -0.2) is 35.1 Å². The maximum absolute atomic E-state index is 9.09. The highest BCUT2D eigenvalue weighted by Gasteiger charge is 2.36. The second kappa shape index (κ2) is 1.69. The summed E-state index contributed by atoms with van der Waals surface area (Å²) in [5.74, 6) is 0. The van der Waals surface area contributed by atoms with Crippen molar-refractivity contribution in [2.75, 3.05) is 13.2 Å². The molecule has 1 fully saturated rings. The number of aliphatic hydroxyl groups is 2. The lowest BCUT2D eigenvalue weighted by Crippen LogP contribution is -2.37. The molecule has 0 amide bonds. The molecule has 0 unspecified atom stereocenters. The lowest BCUT2D eigenvalue weighted by atomic mass is 10.0. The van der Waals surface area contributed by atoms with Crippen LogP contribution in [0.4, 0.5) is 0 Å². The van der Waals surface area contributed by atoms with E-state index in [-0.39, 0.29) is 13.2 Å². The van der Waals surface area contributed by atoms with Crippen LogP contribution in [0.15, 0.2) is 0 Å². The van der Waals surface area contributed by atoms with E-state index in [1.54, 1.807) is 6.92 Å². The summed E-state index contributed by atoms with van der Waals surface area (Å²) in [5, 5.41) is 18.0. The maximum Gasteiger partial charge on any atom is 0.113 e. The first-order chi connectivity index (χ1) is 3.63. The molecule has 0 aromatic rings. The van der Waals surface area contributed by atoms with Gasteiger partial charge in [-0.3, -0.25) is 0 Å². The van der Waals surface area contributed by atoms with Crippen molar-refractivity contribution < 1.29 is 14.9 Å². The van der Waals surface area contributed by atoms with Crippen LogP contribution in [0.1, 0.15) is 6.92 Å². The Balaban J connectivity index is 2.54. The molecule has 0 radical (unpaired) electrons. The Morgan fingerprint density at radius 1 is 1.75 bits per heavy atom. The van der Waals surface area contributed by atoms with Gasteiger partial charge in [0.1, 0.15) is 11.7 Å². The third-order valence-corrected chi connectivity index (χ3v) is 1.39. The molecule has 0 bridgehead atoms. The zero-order valence-electron chi connectivity index (χ0n) is 4.79. The van der Waals surface area contributed by atoms with Gasteiger partial charge in [0.15, 0.2) is 0 Å². The summed E-state index contributed by atoms with van der Waals surface area (Å²) in [6.07, 6.45) is -0.706. The first-order valence-electron chi connectivity index (χ1n) is 2.61. The first-order valence-corrected chi connectivity index (χ1v) is 2.61. The molecular formula is C5H10O3. The summed E-state index contributed by atoms with van der Waals surface area (Å²) in [6, 6.07) is 0. The van der Waals surface area contributed by atoms with E-state index in [4.69, 9.17) is 14.9 Å². The fourth-order valence-electron chi connectivity index (χ4n) is 0.653. The van der Waals surface area contributed by atoms with Crippen LogP contribution in [-0.2, 0) is 4.74 Å². The van der Waals surface area contributed by atoms with Gasteiger partial charge in [-0.05, 0) is 6.92 Å². The predicted molar refractivity (Wildman–Crippen MR) is 27.4 cm³/mol. The molecule has 3 nitrogen and oxygen atoms in total. The van der Waals surface area contributed by atoms with E-state index in [2.05, 4.69) is 0 Å². The highest BCUT2D eigenvalue weighted by molar-refractivity contribution is 4.85. The van der Waals surface area contributed by atoms with Crippen LogP contribution in [0.25, 0.3) is 0 Å². The number of ether oxygens (including phenoxy) is 1. The lowest BCUT2D eigenvalue weighted by Gasteiger charge is -2.16. The molecule has 1 aliphatic heterocycles. The molecular weight excluding hydrogens is 108 g/mol. The van der Waals surface area contributed by atoms with Gasteiger partial charge in [-0.1, -0.05) is 0 Å².